The highest BCUT2D eigenvalue weighted by atomic mass is 19.4. The molecule has 9 heteroatoms. The molecule has 3 rings (SSSR count). The number of esters is 2. The number of rotatable bonds is 9. The lowest BCUT2D eigenvalue weighted by molar-refractivity contribution is -0.202. The predicted molar refractivity (Wildman–Crippen MR) is 129 cm³/mol. The summed E-state index contributed by atoms with van der Waals surface area (Å²) in [5.41, 5.74) is 4.35. The lowest BCUT2D eigenvalue weighted by Crippen LogP contribution is -2.42. The highest BCUT2D eigenvalue weighted by molar-refractivity contribution is 5.92. The molecule has 36 heavy (non-hydrogen) atoms. The lowest BCUT2D eigenvalue weighted by atomic mass is 10.00. The highest BCUT2D eigenvalue weighted by Crippen LogP contribution is 2.22. The first kappa shape index (κ1) is 27.4. The number of carbonyl (C=O) groups is 3. The molecule has 2 aromatic rings. The van der Waals surface area contributed by atoms with Crippen LogP contribution in [0.25, 0.3) is 11.1 Å². The molecule has 0 saturated carbocycles. The molecule has 1 N–H and O–H groups in total. The average Bonchev–Trinajstić information content (AvgIpc) is 3.26. The number of likely N-dealkylation sites (tertiary alicyclic amines) is 1. The first-order valence-electron chi connectivity index (χ1n) is 12.1. The summed E-state index contributed by atoms with van der Waals surface area (Å²) in [6.45, 7) is 5.70. The van der Waals surface area contributed by atoms with E-state index >= 15 is 0 Å². The molecule has 1 saturated heterocycles. The number of hydrogen-bond acceptors (Lipinski definition) is 5. The van der Waals surface area contributed by atoms with Crippen molar-refractivity contribution < 1.29 is 32.3 Å². The fourth-order valence-corrected chi connectivity index (χ4v) is 4.19. The van der Waals surface area contributed by atoms with Gasteiger partial charge in [-0.2, -0.15) is 13.2 Å². The Kier molecular flexibility index (Phi) is 9.25. The van der Waals surface area contributed by atoms with Gasteiger partial charge in [-0.1, -0.05) is 48.5 Å². The molecule has 0 aliphatic carbocycles. The SMILES string of the molecule is CC(NC(=O)CCc1ccc(-c2ccc(CCN3CCC[C@H]3C)cc2)cc1)C(=O)OC(=O)C(F)(F)F. The number of aryl methyl sites for hydroxylation is 1. The second kappa shape index (κ2) is 12.2. The topological polar surface area (TPSA) is 75.7 Å². The minimum absolute atomic E-state index is 0.0223. The van der Waals surface area contributed by atoms with Gasteiger partial charge in [-0.25, -0.2) is 9.59 Å². The number of ether oxygens (including phenoxy) is 1. The van der Waals surface area contributed by atoms with Gasteiger partial charge in [0.25, 0.3) is 0 Å². The Bertz CT molecular complexity index is 1050. The van der Waals surface area contributed by atoms with E-state index in [-0.39, 0.29) is 6.42 Å². The molecule has 1 aliphatic rings. The maximum Gasteiger partial charge on any atom is 0.491 e. The minimum Gasteiger partial charge on any atom is -0.385 e. The zero-order chi connectivity index (χ0) is 26.3. The van der Waals surface area contributed by atoms with Crippen LogP contribution in [0.3, 0.4) is 0 Å². The van der Waals surface area contributed by atoms with Gasteiger partial charge in [0.1, 0.15) is 6.04 Å². The Morgan fingerprint density at radius 2 is 1.56 bits per heavy atom. The smallest absolute Gasteiger partial charge is 0.385 e. The van der Waals surface area contributed by atoms with E-state index in [4.69, 9.17) is 0 Å². The maximum absolute atomic E-state index is 12.2. The van der Waals surface area contributed by atoms with Gasteiger partial charge < -0.3 is 15.0 Å². The van der Waals surface area contributed by atoms with E-state index in [1.54, 1.807) is 0 Å². The molecule has 1 unspecified atom stereocenters. The van der Waals surface area contributed by atoms with Gasteiger partial charge >= 0.3 is 18.1 Å². The molecule has 6 nitrogen and oxygen atoms in total. The van der Waals surface area contributed by atoms with E-state index in [1.165, 1.54) is 24.9 Å². The molecule has 0 bridgehead atoms. The van der Waals surface area contributed by atoms with Gasteiger partial charge in [0.15, 0.2) is 0 Å². The Hall–Kier alpha value is -3.20. The van der Waals surface area contributed by atoms with Crippen LogP contribution in [-0.4, -0.2) is 54.1 Å². The molecule has 1 amide bonds. The van der Waals surface area contributed by atoms with Crippen molar-refractivity contribution in [3.63, 3.8) is 0 Å². The largest absolute Gasteiger partial charge is 0.491 e. The third-order valence-corrected chi connectivity index (χ3v) is 6.42. The van der Waals surface area contributed by atoms with E-state index < -0.39 is 30.1 Å². The summed E-state index contributed by atoms with van der Waals surface area (Å²) in [7, 11) is 0. The monoisotopic (exact) mass is 504 g/mol. The Labute approximate surface area is 208 Å². The van der Waals surface area contributed by atoms with Crippen molar-refractivity contribution in [2.75, 3.05) is 13.1 Å². The first-order chi connectivity index (χ1) is 17.0. The van der Waals surface area contributed by atoms with E-state index in [0.717, 1.165) is 36.6 Å². The highest BCUT2D eigenvalue weighted by Gasteiger charge is 2.43. The van der Waals surface area contributed by atoms with E-state index in [9.17, 15) is 27.6 Å². The fraction of sp³-hybridized carbons (Fsp3) is 0.444. The summed E-state index contributed by atoms with van der Waals surface area (Å²) in [4.78, 5) is 36.9. The zero-order valence-corrected chi connectivity index (χ0v) is 20.4. The molecule has 1 heterocycles. The van der Waals surface area contributed by atoms with Crippen LogP contribution < -0.4 is 5.32 Å². The summed E-state index contributed by atoms with van der Waals surface area (Å²) in [6, 6.07) is 15.6. The van der Waals surface area contributed by atoms with Gasteiger partial charge in [-0.3, -0.25) is 4.79 Å². The predicted octanol–water partition coefficient (Wildman–Crippen LogP) is 4.45. The summed E-state index contributed by atoms with van der Waals surface area (Å²) in [5.74, 6) is -4.62. The number of carbonyl (C=O) groups excluding carboxylic acids is 3. The maximum atomic E-state index is 12.2. The molecule has 1 fully saturated rings. The molecular formula is C27H31F3N2O4. The Morgan fingerprint density at radius 3 is 2.06 bits per heavy atom. The Balaban J connectivity index is 1.44. The van der Waals surface area contributed by atoms with Gasteiger partial charge in [-0.15, -0.1) is 0 Å². The summed E-state index contributed by atoms with van der Waals surface area (Å²) in [6.07, 6.45) is -1.29. The summed E-state index contributed by atoms with van der Waals surface area (Å²) >= 11 is 0. The molecule has 1 aliphatic heterocycles. The summed E-state index contributed by atoms with van der Waals surface area (Å²) < 4.78 is 40.3. The number of hydrogen-bond donors (Lipinski definition) is 1. The number of halogens is 3. The number of amides is 1. The van der Waals surface area contributed by atoms with Crippen molar-refractivity contribution in [3.8, 4) is 11.1 Å². The van der Waals surface area contributed by atoms with Gasteiger partial charge in [0.2, 0.25) is 5.91 Å². The van der Waals surface area contributed by atoms with Crippen LogP contribution in [0.5, 0.6) is 0 Å². The second-order valence-corrected chi connectivity index (χ2v) is 9.17. The second-order valence-electron chi connectivity index (χ2n) is 9.17. The van der Waals surface area contributed by atoms with Crippen LogP contribution in [-0.2, 0) is 32.0 Å². The van der Waals surface area contributed by atoms with E-state index in [0.29, 0.717) is 12.5 Å². The Morgan fingerprint density at radius 1 is 1.00 bits per heavy atom. The fourth-order valence-electron chi connectivity index (χ4n) is 4.19. The normalized spacial score (nSPS) is 17.0. The molecule has 2 aromatic carbocycles. The minimum atomic E-state index is -5.28. The van der Waals surface area contributed by atoms with E-state index in [1.807, 2.05) is 24.3 Å². The van der Waals surface area contributed by atoms with E-state index in [2.05, 4.69) is 46.1 Å². The van der Waals surface area contributed by atoms with Crippen LogP contribution in [0.1, 0.15) is 44.2 Å². The van der Waals surface area contributed by atoms with Gasteiger partial charge in [-0.05, 0) is 68.3 Å². The van der Waals surface area contributed by atoms with Crippen molar-refractivity contribution in [1.82, 2.24) is 10.2 Å². The van der Waals surface area contributed by atoms with Crippen molar-refractivity contribution in [2.24, 2.45) is 0 Å². The molecule has 0 aromatic heterocycles. The number of alkyl halides is 3. The number of nitrogens with one attached hydrogen (secondary N) is 1. The van der Waals surface area contributed by atoms with Crippen LogP contribution in [0, 0.1) is 0 Å². The molecule has 2 atom stereocenters. The van der Waals surface area contributed by atoms with Gasteiger partial charge in [0, 0.05) is 19.0 Å². The van der Waals surface area contributed by atoms with Crippen LogP contribution >= 0.6 is 0 Å². The van der Waals surface area contributed by atoms with Crippen molar-refractivity contribution >= 4 is 17.8 Å². The zero-order valence-electron chi connectivity index (χ0n) is 20.4. The van der Waals surface area contributed by atoms with Crippen molar-refractivity contribution in [3.05, 3.63) is 59.7 Å². The summed E-state index contributed by atoms with van der Waals surface area (Å²) in [5, 5.41) is 2.24. The quantitative estimate of drug-likeness (QED) is 0.404. The molecule has 0 spiro atoms. The molecular weight excluding hydrogens is 473 g/mol. The molecule has 0 radical (unpaired) electrons. The van der Waals surface area contributed by atoms with Crippen LogP contribution in [0.15, 0.2) is 48.5 Å². The third kappa shape index (κ3) is 7.91. The first-order valence-corrected chi connectivity index (χ1v) is 12.1. The van der Waals surface area contributed by atoms with Crippen molar-refractivity contribution in [2.45, 2.75) is 64.2 Å². The molecule has 194 valence electrons. The van der Waals surface area contributed by atoms with Crippen molar-refractivity contribution in [1.29, 1.82) is 0 Å². The number of nitrogens with zero attached hydrogens (tertiary/aromatic N) is 1. The lowest BCUT2D eigenvalue weighted by Gasteiger charge is -2.20. The average molecular weight is 505 g/mol. The third-order valence-electron chi connectivity index (χ3n) is 6.42. The van der Waals surface area contributed by atoms with Crippen LogP contribution in [0.4, 0.5) is 13.2 Å². The standard InChI is InChI=1S/C27H31F3N2O4/c1-18-4-3-16-32(18)17-15-21-7-12-23(13-8-21)22-10-5-20(6-11-22)9-14-24(33)31-19(2)25(34)36-26(35)27(28,29)30/h5-8,10-13,18-19H,3-4,9,14-17H2,1-2H3,(H,31,33)/t18-,19?/m1/s1. The van der Waals surface area contributed by atoms with Gasteiger partial charge in [0.05, 0.1) is 0 Å². The number of benzene rings is 2. The van der Waals surface area contributed by atoms with Crippen LogP contribution in [0.2, 0.25) is 0 Å².